The smallest absolute Gasteiger partial charge is 0.276 e. The van der Waals surface area contributed by atoms with Gasteiger partial charge in [-0.1, -0.05) is 18.2 Å². The van der Waals surface area contributed by atoms with E-state index in [-0.39, 0.29) is 17.5 Å². The summed E-state index contributed by atoms with van der Waals surface area (Å²) in [6.07, 6.45) is 1.35. The van der Waals surface area contributed by atoms with Crippen molar-refractivity contribution in [3.63, 3.8) is 0 Å². The van der Waals surface area contributed by atoms with Crippen LogP contribution in [0.25, 0.3) is 10.9 Å². The van der Waals surface area contributed by atoms with Crippen LogP contribution in [-0.2, 0) is 7.05 Å². The minimum absolute atomic E-state index is 0.204. The van der Waals surface area contributed by atoms with Crippen LogP contribution in [-0.4, -0.2) is 26.6 Å². The third kappa shape index (κ3) is 3.22. The highest BCUT2D eigenvalue weighted by molar-refractivity contribution is 5.98. The van der Waals surface area contributed by atoms with Crippen LogP contribution in [0.3, 0.4) is 0 Å². The zero-order valence-corrected chi connectivity index (χ0v) is 13.9. The largest absolute Gasteiger partial charge is 0.343 e. The Hall–Kier alpha value is -3.19. The van der Waals surface area contributed by atoms with Crippen molar-refractivity contribution in [1.82, 2.24) is 20.3 Å². The van der Waals surface area contributed by atoms with Gasteiger partial charge in [0.15, 0.2) is 0 Å². The van der Waals surface area contributed by atoms with Gasteiger partial charge in [-0.3, -0.25) is 19.8 Å². The van der Waals surface area contributed by atoms with Crippen molar-refractivity contribution in [3.05, 3.63) is 65.6 Å². The average Bonchev–Trinajstić information content (AvgIpc) is 2.98. The number of para-hydroxylation sites is 1. The summed E-state index contributed by atoms with van der Waals surface area (Å²) in [5.41, 5.74) is 3.94. The molecule has 0 radical (unpaired) electrons. The standard InChI is InChI=1S/C18H18N4O3/c1-11(14-8-7-13(10-19-14)17(23)21-25)20-18(24)16-9-12-5-3-4-6-15(12)22(16)2/h3-11,25H,1-2H3,(H,20,24)(H,21,23)/t11-/m0/s1. The van der Waals surface area contributed by atoms with Crippen LogP contribution < -0.4 is 10.8 Å². The summed E-state index contributed by atoms with van der Waals surface area (Å²) in [6.45, 7) is 1.81. The van der Waals surface area contributed by atoms with E-state index in [1.165, 1.54) is 12.3 Å². The molecule has 0 bridgehead atoms. The van der Waals surface area contributed by atoms with E-state index in [9.17, 15) is 9.59 Å². The Morgan fingerprint density at radius 3 is 2.56 bits per heavy atom. The van der Waals surface area contributed by atoms with Crippen LogP contribution >= 0.6 is 0 Å². The number of rotatable bonds is 4. The number of hydrogen-bond donors (Lipinski definition) is 3. The molecular formula is C18H18N4O3. The van der Waals surface area contributed by atoms with Gasteiger partial charge in [-0.05, 0) is 31.2 Å². The molecule has 0 aliphatic rings. The predicted molar refractivity (Wildman–Crippen MR) is 92.3 cm³/mol. The van der Waals surface area contributed by atoms with Gasteiger partial charge in [-0.25, -0.2) is 5.48 Å². The van der Waals surface area contributed by atoms with Gasteiger partial charge in [0.2, 0.25) is 0 Å². The van der Waals surface area contributed by atoms with Crippen molar-refractivity contribution in [1.29, 1.82) is 0 Å². The van der Waals surface area contributed by atoms with Crippen molar-refractivity contribution < 1.29 is 14.8 Å². The molecule has 3 rings (SSSR count). The zero-order chi connectivity index (χ0) is 18.0. The Morgan fingerprint density at radius 2 is 1.92 bits per heavy atom. The highest BCUT2D eigenvalue weighted by atomic mass is 16.5. The molecule has 2 amide bonds. The summed E-state index contributed by atoms with van der Waals surface area (Å²) in [5, 5.41) is 12.5. The normalized spacial score (nSPS) is 12.0. The first kappa shape index (κ1) is 16.7. The molecule has 3 N–H and O–H groups in total. The van der Waals surface area contributed by atoms with E-state index in [2.05, 4.69) is 10.3 Å². The first-order chi connectivity index (χ1) is 12.0. The second kappa shape index (κ2) is 6.74. The average molecular weight is 338 g/mol. The third-order valence-corrected chi connectivity index (χ3v) is 4.13. The van der Waals surface area contributed by atoms with Crippen LogP contribution in [0.2, 0.25) is 0 Å². The first-order valence-corrected chi connectivity index (χ1v) is 7.77. The number of fused-ring (bicyclic) bond motifs is 1. The van der Waals surface area contributed by atoms with Gasteiger partial charge in [-0.2, -0.15) is 0 Å². The summed E-state index contributed by atoms with van der Waals surface area (Å²) >= 11 is 0. The van der Waals surface area contributed by atoms with Gasteiger partial charge < -0.3 is 9.88 Å². The molecule has 2 aromatic heterocycles. The molecule has 2 heterocycles. The Kier molecular flexibility index (Phi) is 4.49. The van der Waals surface area contributed by atoms with Crippen LogP contribution in [0.4, 0.5) is 0 Å². The Bertz CT molecular complexity index is 931. The number of aryl methyl sites for hydroxylation is 1. The second-order valence-corrected chi connectivity index (χ2v) is 5.76. The number of hydroxylamine groups is 1. The Morgan fingerprint density at radius 1 is 1.16 bits per heavy atom. The lowest BCUT2D eigenvalue weighted by Gasteiger charge is -2.14. The first-order valence-electron chi connectivity index (χ1n) is 7.77. The monoisotopic (exact) mass is 338 g/mol. The molecule has 1 atom stereocenters. The van der Waals surface area contributed by atoms with Crippen LogP contribution in [0.15, 0.2) is 48.7 Å². The van der Waals surface area contributed by atoms with Gasteiger partial charge in [0.1, 0.15) is 5.69 Å². The fourth-order valence-electron chi connectivity index (χ4n) is 2.71. The minimum atomic E-state index is -0.633. The van der Waals surface area contributed by atoms with Crippen molar-refractivity contribution in [3.8, 4) is 0 Å². The van der Waals surface area contributed by atoms with E-state index in [4.69, 9.17) is 5.21 Å². The van der Waals surface area contributed by atoms with Gasteiger partial charge >= 0.3 is 0 Å². The highest BCUT2D eigenvalue weighted by Gasteiger charge is 2.17. The maximum absolute atomic E-state index is 12.6. The second-order valence-electron chi connectivity index (χ2n) is 5.76. The Labute approximate surface area is 144 Å². The van der Waals surface area contributed by atoms with E-state index < -0.39 is 5.91 Å². The topological polar surface area (TPSA) is 96.2 Å². The van der Waals surface area contributed by atoms with Crippen molar-refractivity contribution >= 4 is 22.7 Å². The quantitative estimate of drug-likeness (QED) is 0.502. The molecule has 7 nitrogen and oxygen atoms in total. The lowest BCUT2D eigenvalue weighted by molar-refractivity contribution is 0.0705. The van der Waals surface area contributed by atoms with Crippen molar-refractivity contribution in [2.24, 2.45) is 7.05 Å². The molecule has 0 spiro atoms. The maximum atomic E-state index is 12.6. The maximum Gasteiger partial charge on any atom is 0.276 e. The van der Waals surface area contributed by atoms with Gasteiger partial charge in [0, 0.05) is 24.1 Å². The summed E-state index contributed by atoms with van der Waals surface area (Å²) < 4.78 is 1.85. The molecular weight excluding hydrogens is 320 g/mol. The predicted octanol–water partition coefficient (Wildman–Crippen LogP) is 2.18. The molecule has 3 aromatic rings. The summed E-state index contributed by atoms with van der Waals surface area (Å²) in [4.78, 5) is 28.1. The SMILES string of the molecule is C[C@H](NC(=O)c1cc2ccccc2n1C)c1ccc(C(=O)NO)cn1. The molecule has 0 aliphatic heterocycles. The van der Waals surface area contributed by atoms with Gasteiger partial charge in [0.05, 0.1) is 17.3 Å². The molecule has 0 unspecified atom stereocenters. The fourth-order valence-corrected chi connectivity index (χ4v) is 2.71. The number of pyridine rings is 1. The van der Waals surface area contributed by atoms with E-state index in [0.717, 1.165) is 10.9 Å². The number of carbonyl (C=O) groups excluding carboxylic acids is 2. The molecule has 25 heavy (non-hydrogen) atoms. The number of nitrogens with zero attached hydrogens (tertiary/aromatic N) is 2. The minimum Gasteiger partial charge on any atom is -0.343 e. The fraction of sp³-hybridized carbons (Fsp3) is 0.167. The molecule has 0 saturated heterocycles. The lowest BCUT2D eigenvalue weighted by atomic mass is 10.1. The number of nitrogens with one attached hydrogen (secondary N) is 2. The molecule has 1 aromatic carbocycles. The van der Waals surface area contributed by atoms with E-state index in [0.29, 0.717) is 11.4 Å². The van der Waals surface area contributed by atoms with E-state index in [1.807, 2.05) is 48.9 Å². The summed E-state index contributed by atoms with van der Waals surface area (Å²) in [6, 6.07) is 12.5. The zero-order valence-electron chi connectivity index (χ0n) is 13.9. The lowest BCUT2D eigenvalue weighted by Crippen LogP contribution is -2.29. The van der Waals surface area contributed by atoms with Crippen LogP contribution in [0.5, 0.6) is 0 Å². The van der Waals surface area contributed by atoms with Gasteiger partial charge in [-0.15, -0.1) is 0 Å². The molecule has 0 aliphatic carbocycles. The molecule has 0 fully saturated rings. The summed E-state index contributed by atoms with van der Waals surface area (Å²) in [5.74, 6) is -0.837. The van der Waals surface area contributed by atoms with E-state index in [1.54, 1.807) is 11.5 Å². The van der Waals surface area contributed by atoms with E-state index >= 15 is 0 Å². The van der Waals surface area contributed by atoms with Crippen LogP contribution in [0, 0.1) is 0 Å². The number of carbonyl (C=O) groups is 2. The van der Waals surface area contributed by atoms with Crippen molar-refractivity contribution in [2.75, 3.05) is 0 Å². The molecule has 128 valence electrons. The Balaban J connectivity index is 1.77. The van der Waals surface area contributed by atoms with Crippen molar-refractivity contribution in [2.45, 2.75) is 13.0 Å². The highest BCUT2D eigenvalue weighted by Crippen LogP contribution is 2.19. The third-order valence-electron chi connectivity index (χ3n) is 4.13. The number of hydrogen-bond acceptors (Lipinski definition) is 4. The molecule has 0 saturated carbocycles. The van der Waals surface area contributed by atoms with Gasteiger partial charge in [0.25, 0.3) is 11.8 Å². The van der Waals surface area contributed by atoms with Crippen LogP contribution in [0.1, 0.15) is 39.5 Å². The summed E-state index contributed by atoms with van der Waals surface area (Å²) in [7, 11) is 1.85. The number of benzene rings is 1. The number of aromatic nitrogens is 2. The molecule has 7 heteroatoms. The number of amides is 2.